The minimum absolute atomic E-state index is 0.551. The lowest BCUT2D eigenvalue weighted by Gasteiger charge is -1.87. The zero-order valence-corrected chi connectivity index (χ0v) is 9.19. The van der Waals surface area contributed by atoms with Gasteiger partial charge in [0, 0.05) is 5.56 Å². The van der Waals surface area contributed by atoms with Crippen molar-refractivity contribution in [3.8, 4) is 11.5 Å². The Hall–Kier alpha value is -1.28. The van der Waals surface area contributed by atoms with E-state index in [1.54, 1.807) is 0 Å². The Kier molecular flexibility index (Phi) is 2.78. The van der Waals surface area contributed by atoms with Crippen LogP contribution in [0.25, 0.3) is 0 Å². The third-order valence-corrected chi connectivity index (χ3v) is 2.61. The number of allylic oxidation sites excluding steroid dienone is 1. The molecule has 0 amide bonds. The Balaban J connectivity index is 0.000000144. The average Bonchev–Trinajstić information content (AvgIpc) is 3.08. The van der Waals surface area contributed by atoms with E-state index in [9.17, 15) is 0 Å². The fraction of sp³-hybridized carbons (Fsp3) is 0.385. The number of ether oxygens (including phenoxy) is 2. The monoisotopic (exact) mass is 204 g/mol. The number of hydrogen-bond acceptors (Lipinski definition) is 2. The summed E-state index contributed by atoms with van der Waals surface area (Å²) in [5.41, 5.74) is 1.24. The molecule has 0 spiro atoms. The third kappa shape index (κ3) is 2.60. The van der Waals surface area contributed by atoms with Crippen molar-refractivity contribution in [1.82, 2.24) is 0 Å². The summed E-state index contributed by atoms with van der Waals surface area (Å²) in [7, 11) is 0. The Morgan fingerprint density at radius 3 is 2.53 bits per heavy atom. The molecular weight excluding hydrogens is 188 g/mol. The first-order valence-corrected chi connectivity index (χ1v) is 5.28. The molecule has 2 heterocycles. The van der Waals surface area contributed by atoms with E-state index in [1.165, 1.54) is 5.56 Å². The molecule has 1 aromatic carbocycles. The van der Waals surface area contributed by atoms with E-state index in [4.69, 9.17) is 9.47 Å². The molecule has 2 atom stereocenters. The zero-order valence-electron chi connectivity index (χ0n) is 9.19. The number of para-hydroxylation sites is 1. The molecule has 0 aliphatic carbocycles. The second-order valence-electron chi connectivity index (χ2n) is 3.89. The predicted octanol–water partition coefficient (Wildman–Crippen LogP) is 3.31. The van der Waals surface area contributed by atoms with Crippen molar-refractivity contribution in [3.63, 3.8) is 0 Å². The highest BCUT2D eigenvalue weighted by molar-refractivity contribution is 5.59. The summed E-state index contributed by atoms with van der Waals surface area (Å²) in [6.45, 7) is 7.81. The largest absolute Gasteiger partial charge is 0.449 e. The Labute approximate surface area is 90.5 Å². The lowest BCUT2D eigenvalue weighted by Crippen LogP contribution is -1.74. The highest BCUT2D eigenvalue weighted by atomic mass is 16.6. The van der Waals surface area contributed by atoms with Gasteiger partial charge in [-0.1, -0.05) is 18.2 Å². The topological polar surface area (TPSA) is 25.1 Å². The lowest BCUT2D eigenvalue weighted by molar-refractivity contribution is 0.389. The molecule has 80 valence electrons. The van der Waals surface area contributed by atoms with Crippen LogP contribution < -0.4 is 4.74 Å². The Morgan fingerprint density at radius 2 is 2.00 bits per heavy atom. The maximum atomic E-state index is 5.17. The Bertz CT molecular complexity index is 365. The summed E-state index contributed by atoms with van der Waals surface area (Å²) in [4.78, 5) is 0. The molecule has 2 nitrogen and oxygen atoms in total. The molecule has 0 bridgehead atoms. The highest BCUT2D eigenvalue weighted by Crippen LogP contribution is 2.47. The number of benzene rings is 1. The number of epoxide rings is 1. The summed E-state index contributed by atoms with van der Waals surface area (Å²) in [6, 6.07) is 6.04. The summed E-state index contributed by atoms with van der Waals surface area (Å²) in [6.07, 6.45) is 3.89. The molecule has 0 N–H and O–H groups in total. The van der Waals surface area contributed by atoms with Gasteiger partial charge in [-0.25, -0.2) is 0 Å². The van der Waals surface area contributed by atoms with Crippen LogP contribution in [0.2, 0.25) is 0 Å². The summed E-state index contributed by atoms with van der Waals surface area (Å²) >= 11 is 0. The van der Waals surface area contributed by atoms with Crippen LogP contribution in [0, 0.1) is 0 Å². The molecule has 0 radical (unpaired) electrons. The van der Waals surface area contributed by atoms with E-state index in [-0.39, 0.29) is 0 Å². The van der Waals surface area contributed by atoms with Gasteiger partial charge in [-0.3, -0.25) is 0 Å². The van der Waals surface area contributed by atoms with Gasteiger partial charge >= 0.3 is 0 Å². The minimum Gasteiger partial charge on any atom is -0.449 e. The average molecular weight is 204 g/mol. The molecule has 2 aliphatic rings. The predicted molar refractivity (Wildman–Crippen MR) is 60.4 cm³/mol. The lowest BCUT2D eigenvalue weighted by atomic mass is 10.2. The van der Waals surface area contributed by atoms with Gasteiger partial charge < -0.3 is 9.47 Å². The molecule has 2 aliphatic heterocycles. The normalized spacial score (nSPS) is 24.1. The number of rotatable bonds is 2. The van der Waals surface area contributed by atoms with Gasteiger partial charge in [-0.05, 0) is 26.3 Å². The van der Waals surface area contributed by atoms with Gasteiger partial charge in [0.15, 0.2) is 11.5 Å². The fourth-order valence-electron chi connectivity index (χ4n) is 1.35. The van der Waals surface area contributed by atoms with Crippen LogP contribution in [0.5, 0.6) is 11.5 Å². The molecule has 0 saturated carbocycles. The van der Waals surface area contributed by atoms with Gasteiger partial charge in [0.25, 0.3) is 0 Å². The molecule has 15 heavy (non-hydrogen) atoms. The highest BCUT2D eigenvalue weighted by Gasteiger charge is 2.27. The van der Waals surface area contributed by atoms with E-state index < -0.39 is 0 Å². The molecule has 1 saturated heterocycles. The molecule has 1 aromatic rings. The van der Waals surface area contributed by atoms with Crippen LogP contribution in [0.15, 0.2) is 30.9 Å². The smallest absolute Gasteiger partial charge is 0.173 e. The molecular formula is C13H16O2. The minimum atomic E-state index is 0.551. The van der Waals surface area contributed by atoms with Crippen LogP contribution in [-0.4, -0.2) is 12.2 Å². The van der Waals surface area contributed by atoms with E-state index in [0.29, 0.717) is 12.2 Å². The van der Waals surface area contributed by atoms with Crippen molar-refractivity contribution >= 4 is 0 Å². The second kappa shape index (κ2) is 4.07. The van der Waals surface area contributed by atoms with Gasteiger partial charge in [-0.2, -0.15) is 0 Å². The van der Waals surface area contributed by atoms with Gasteiger partial charge in [-0.15, -0.1) is 6.58 Å². The molecule has 3 rings (SSSR count). The van der Waals surface area contributed by atoms with E-state index >= 15 is 0 Å². The first-order chi connectivity index (χ1) is 7.22. The van der Waals surface area contributed by atoms with Gasteiger partial charge in [0.2, 0.25) is 0 Å². The van der Waals surface area contributed by atoms with Crippen molar-refractivity contribution in [3.05, 3.63) is 36.4 Å². The van der Waals surface area contributed by atoms with Crippen molar-refractivity contribution in [1.29, 1.82) is 0 Å². The first-order valence-electron chi connectivity index (χ1n) is 5.28. The van der Waals surface area contributed by atoms with Crippen molar-refractivity contribution in [2.24, 2.45) is 0 Å². The standard InChI is InChI=1S/C9H8O.C4H8O/c1-2-4-7-5-3-6-8-9(7)10-8;1-3-4(2)5-3/h2-3,5-6H,1,4H2;3-4H,1-2H3. The Morgan fingerprint density at radius 1 is 1.33 bits per heavy atom. The maximum Gasteiger partial charge on any atom is 0.173 e. The fourth-order valence-corrected chi connectivity index (χ4v) is 1.35. The summed E-state index contributed by atoms with van der Waals surface area (Å²) < 4.78 is 10.1. The van der Waals surface area contributed by atoms with Crippen LogP contribution >= 0.6 is 0 Å². The zero-order chi connectivity index (χ0) is 10.8. The van der Waals surface area contributed by atoms with Crippen molar-refractivity contribution < 1.29 is 9.47 Å². The quantitative estimate of drug-likeness (QED) is 0.554. The molecule has 2 unspecified atom stereocenters. The third-order valence-electron chi connectivity index (χ3n) is 2.61. The first kappa shape index (κ1) is 10.2. The van der Waals surface area contributed by atoms with E-state index in [2.05, 4.69) is 26.5 Å². The maximum absolute atomic E-state index is 5.17. The van der Waals surface area contributed by atoms with Crippen LogP contribution in [-0.2, 0) is 11.2 Å². The SMILES string of the molecule is C=CCc1cccc2c1O2.CC1OC1C. The van der Waals surface area contributed by atoms with Crippen molar-refractivity contribution in [2.75, 3.05) is 0 Å². The van der Waals surface area contributed by atoms with Crippen LogP contribution in [0.4, 0.5) is 0 Å². The van der Waals surface area contributed by atoms with E-state index in [1.807, 2.05) is 18.2 Å². The van der Waals surface area contributed by atoms with Crippen LogP contribution in [0.1, 0.15) is 19.4 Å². The number of hydrogen-bond donors (Lipinski definition) is 0. The van der Waals surface area contributed by atoms with Crippen molar-refractivity contribution in [2.45, 2.75) is 32.5 Å². The van der Waals surface area contributed by atoms with Gasteiger partial charge in [0.05, 0.1) is 12.2 Å². The molecule has 1 fully saturated rings. The molecule has 2 heteroatoms. The number of fused-ring (bicyclic) bond motifs is 1. The van der Waals surface area contributed by atoms with Gasteiger partial charge in [0.1, 0.15) is 0 Å². The summed E-state index contributed by atoms with van der Waals surface area (Å²) in [5, 5.41) is 0. The second-order valence-corrected chi connectivity index (χ2v) is 3.89. The van der Waals surface area contributed by atoms with E-state index in [0.717, 1.165) is 17.9 Å². The summed E-state index contributed by atoms with van der Waals surface area (Å²) in [5.74, 6) is 2.08. The molecule has 0 aromatic heterocycles. The van der Waals surface area contributed by atoms with Crippen LogP contribution in [0.3, 0.4) is 0 Å².